The van der Waals surface area contributed by atoms with Crippen molar-refractivity contribution in [2.45, 2.75) is 59.0 Å². The lowest BCUT2D eigenvalue weighted by atomic mass is 9.77. The molecule has 2 saturated heterocycles. The van der Waals surface area contributed by atoms with Crippen LogP contribution in [0.3, 0.4) is 0 Å². The first-order chi connectivity index (χ1) is 11.8. The second-order valence-corrected chi connectivity index (χ2v) is 8.89. The maximum Gasteiger partial charge on any atom is 0.211 e. The number of fused-ring (bicyclic) bond motifs is 4. The Morgan fingerprint density at radius 2 is 1.28 bits per heavy atom. The Bertz CT molecular complexity index is 686. The molecule has 5 rings (SSSR count). The highest BCUT2D eigenvalue weighted by Crippen LogP contribution is 2.52. The predicted octanol–water partition coefficient (Wildman–Crippen LogP) is 3.86. The van der Waals surface area contributed by atoms with E-state index in [1.807, 2.05) is 0 Å². The summed E-state index contributed by atoms with van der Waals surface area (Å²) in [5.41, 5.74) is 4.03. The molecular formula is C21H28O4. The lowest BCUT2D eigenvalue weighted by molar-refractivity contribution is -0.170. The topological polar surface area (TPSA) is 36.9 Å². The Morgan fingerprint density at radius 3 is 1.72 bits per heavy atom. The van der Waals surface area contributed by atoms with Gasteiger partial charge in [-0.05, 0) is 48.3 Å². The fourth-order valence-corrected chi connectivity index (χ4v) is 5.47. The average Bonchev–Trinajstić information content (AvgIpc) is 3.01. The molecule has 0 amide bonds. The van der Waals surface area contributed by atoms with Crippen LogP contribution in [-0.4, -0.2) is 24.8 Å². The van der Waals surface area contributed by atoms with E-state index in [-0.39, 0.29) is 0 Å². The fourth-order valence-electron chi connectivity index (χ4n) is 5.47. The van der Waals surface area contributed by atoms with E-state index in [0.29, 0.717) is 23.7 Å². The maximum absolute atomic E-state index is 6.38. The van der Waals surface area contributed by atoms with Gasteiger partial charge in [0.15, 0.2) is 0 Å². The van der Waals surface area contributed by atoms with Crippen molar-refractivity contribution in [1.82, 2.24) is 0 Å². The first-order valence-electron chi connectivity index (χ1n) is 9.62. The second-order valence-electron chi connectivity index (χ2n) is 8.89. The van der Waals surface area contributed by atoms with Gasteiger partial charge in [0.05, 0.1) is 13.2 Å². The monoisotopic (exact) mass is 344 g/mol. The van der Waals surface area contributed by atoms with Crippen molar-refractivity contribution in [3.63, 3.8) is 0 Å². The van der Waals surface area contributed by atoms with Crippen LogP contribution >= 0.6 is 0 Å². The highest BCUT2D eigenvalue weighted by atomic mass is 16.7. The van der Waals surface area contributed by atoms with Gasteiger partial charge >= 0.3 is 0 Å². The lowest BCUT2D eigenvalue weighted by Crippen LogP contribution is -2.46. The zero-order valence-electron chi connectivity index (χ0n) is 15.8. The van der Waals surface area contributed by atoms with E-state index in [1.165, 1.54) is 16.7 Å². The summed E-state index contributed by atoms with van der Waals surface area (Å²) in [6.45, 7) is 12.5. The number of hydrogen-bond donors (Lipinski definition) is 0. The summed E-state index contributed by atoms with van der Waals surface area (Å²) in [5.74, 6) is 2.72. The highest BCUT2D eigenvalue weighted by Gasteiger charge is 2.53. The van der Waals surface area contributed by atoms with Crippen LogP contribution in [0.4, 0.5) is 0 Å². The molecule has 6 atom stereocenters. The van der Waals surface area contributed by atoms with Crippen molar-refractivity contribution in [3.8, 4) is 11.5 Å². The van der Waals surface area contributed by atoms with Gasteiger partial charge in [-0.2, -0.15) is 0 Å². The van der Waals surface area contributed by atoms with Crippen molar-refractivity contribution >= 4 is 0 Å². The van der Waals surface area contributed by atoms with E-state index in [2.05, 4.69) is 40.7 Å². The standard InChI is InChI=1S/C21H28O4/c1-11-9-22-20(4)16(11)6-14-13(3)15-7-17-12(2)10-23-21(17,5)25-19(15)8-18(14)24-20/h8,11-12,16-17H,6-7,9-10H2,1-5H3/t11-,12-,16+,17+,20+,21+/m0/s1. The van der Waals surface area contributed by atoms with Crippen LogP contribution in [0.1, 0.15) is 44.4 Å². The molecule has 0 N–H and O–H groups in total. The maximum atomic E-state index is 6.38. The van der Waals surface area contributed by atoms with Gasteiger partial charge in [0.2, 0.25) is 11.6 Å². The molecule has 0 aromatic heterocycles. The smallest absolute Gasteiger partial charge is 0.211 e. The number of benzene rings is 1. The van der Waals surface area contributed by atoms with Gasteiger partial charge in [-0.1, -0.05) is 13.8 Å². The Labute approximate surface area is 149 Å². The van der Waals surface area contributed by atoms with Gasteiger partial charge < -0.3 is 18.9 Å². The molecule has 0 spiro atoms. The van der Waals surface area contributed by atoms with Gasteiger partial charge in [-0.15, -0.1) is 0 Å². The molecule has 0 radical (unpaired) electrons. The quantitative estimate of drug-likeness (QED) is 0.716. The van der Waals surface area contributed by atoms with Crippen molar-refractivity contribution in [1.29, 1.82) is 0 Å². The van der Waals surface area contributed by atoms with Crippen LogP contribution in [0.2, 0.25) is 0 Å². The minimum Gasteiger partial charge on any atom is -0.462 e. The van der Waals surface area contributed by atoms with Crippen LogP contribution < -0.4 is 9.47 Å². The highest BCUT2D eigenvalue weighted by molar-refractivity contribution is 5.55. The Hall–Kier alpha value is -1.26. The molecule has 136 valence electrons. The first-order valence-corrected chi connectivity index (χ1v) is 9.62. The number of rotatable bonds is 0. The molecule has 0 bridgehead atoms. The van der Waals surface area contributed by atoms with Crippen LogP contribution in [0.5, 0.6) is 11.5 Å². The third-order valence-electron chi connectivity index (χ3n) is 7.22. The van der Waals surface area contributed by atoms with E-state index in [0.717, 1.165) is 37.6 Å². The molecule has 1 aromatic carbocycles. The van der Waals surface area contributed by atoms with Gasteiger partial charge in [-0.3, -0.25) is 0 Å². The van der Waals surface area contributed by atoms with Gasteiger partial charge in [0.1, 0.15) is 11.5 Å². The van der Waals surface area contributed by atoms with Crippen molar-refractivity contribution in [2.75, 3.05) is 13.2 Å². The number of hydrogen-bond acceptors (Lipinski definition) is 4. The van der Waals surface area contributed by atoms with Crippen LogP contribution in [0.15, 0.2) is 6.07 Å². The van der Waals surface area contributed by atoms with Crippen molar-refractivity contribution < 1.29 is 18.9 Å². The molecule has 4 heterocycles. The van der Waals surface area contributed by atoms with E-state index in [9.17, 15) is 0 Å². The van der Waals surface area contributed by atoms with Gasteiger partial charge in [0.25, 0.3) is 0 Å². The molecule has 0 unspecified atom stereocenters. The molecule has 4 aliphatic rings. The summed E-state index contributed by atoms with van der Waals surface area (Å²) >= 11 is 0. The summed E-state index contributed by atoms with van der Waals surface area (Å²) in [6, 6.07) is 2.08. The minimum absolute atomic E-state index is 0.417. The van der Waals surface area contributed by atoms with Crippen LogP contribution in [-0.2, 0) is 22.3 Å². The van der Waals surface area contributed by atoms with Gasteiger partial charge in [-0.25, -0.2) is 0 Å². The van der Waals surface area contributed by atoms with Crippen LogP contribution in [0, 0.1) is 30.6 Å². The second kappa shape index (κ2) is 4.92. The average molecular weight is 344 g/mol. The summed E-state index contributed by atoms with van der Waals surface area (Å²) in [6.07, 6.45) is 2.06. The van der Waals surface area contributed by atoms with Gasteiger partial charge in [0, 0.05) is 31.7 Å². The third kappa shape index (κ3) is 2.07. The molecule has 2 fully saturated rings. The molecule has 4 aliphatic heterocycles. The molecule has 25 heavy (non-hydrogen) atoms. The number of ether oxygens (including phenoxy) is 4. The molecule has 4 heteroatoms. The normalized spacial score (nSPS) is 44.2. The summed E-state index contributed by atoms with van der Waals surface area (Å²) in [4.78, 5) is 0. The lowest BCUT2D eigenvalue weighted by Gasteiger charge is -2.42. The minimum atomic E-state index is -0.507. The summed E-state index contributed by atoms with van der Waals surface area (Å²) in [5, 5.41) is 0. The molecule has 4 nitrogen and oxygen atoms in total. The SMILES string of the molecule is Cc1c2c(cc3c1C[C@@H]1[C@@H](C)CO[C@]1(C)O3)O[C@@]1(C)OC[C@H](C)[C@H]1C2. The van der Waals surface area contributed by atoms with Crippen molar-refractivity contribution in [3.05, 3.63) is 22.8 Å². The molecule has 1 aromatic rings. The molecule has 0 saturated carbocycles. The van der Waals surface area contributed by atoms with E-state index >= 15 is 0 Å². The fraction of sp³-hybridized carbons (Fsp3) is 0.714. The van der Waals surface area contributed by atoms with Crippen LogP contribution in [0.25, 0.3) is 0 Å². The van der Waals surface area contributed by atoms with Crippen molar-refractivity contribution in [2.24, 2.45) is 23.7 Å². The van der Waals surface area contributed by atoms with E-state index < -0.39 is 11.6 Å². The first kappa shape index (κ1) is 16.0. The Morgan fingerprint density at radius 1 is 0.840 bits per heavy atom. The zero-order valence-corrected chi connectivity index (χ0v) is 15.8. The van der Waals surface area contributed by atoms with E-state index in [4.69, 9.17) is 18.9 Å². The molecule has 0 aliphatic carbocycles. The Balaban J connectivity index is 1.59. The molecular weight excluding hydrogens is 316 g/mol. The summed E-state index contributed by atoms with van der Waals surface area (Å²) in [7, 11) is 0. The third-order valence-corrected chi connectivity index (χ3v) is 7.22. The largest absolute Gasteiger partial charge is 0.462 e. The Kier molecular flexibility index (Phi) is 3.14. The zero-order chi connectivity index (χ0) is 17.6. The predicted molar refractivity (Wildman–Crippen MR) is 93.9 cm³/mol. The van der Waals surface area contributed by atoms with E-state index in [1.54, 1.807) is 0 Å². The summed E-state index contributed by atoms with van der Waals surface area (Å²) < 4.78 is 24.8.